The predicted molar refractivity (Wildman–Crippen MR) is 91.7 cm³/mol. The van der Waals surface area contributed by atoms with E-state index in [1.165, 1.54) is 22.4 Å². The molecular formula is C19H26N2. The van der Waals surface area contributed by atoms with E-state index in [4.69, 9.17) is 0 Å². The molecule has 0 aromatic heterocycles. The van der Waals surface area contributed by atoms with Crippen LogP contribution in [-0.2, 0) is 13.0 Å². The molecule has 1 atom stereocenters. The van der Waals surface area contributed by atoms with Gasteiger partial charge in [0.2, 0.25) is 0 Å². The zero-order chi connectivity index (χ0) is 15.2. The van der Waals surface area contributed by atoms with Crippen molar-refractivity contribution < 1.29 is 0 Å². The summed E-state index contributed by atoms with van der Waals surface area (Å²) in [5.41, 5.74) is 5.27. The zero-order valence-electron chi connectivity index (χ0n) is 13.6. The SMILES string of the molecule is CCc1ccc(C(C)Nc2ccccc2CN(C)C)cc1. The maximum atomic E-state index is 3.64. The third kappa shape index (κ3) is 4.33. The maximum Gasteiger partial charge on any atom is 0.0485 e. The average molecular weight is 282 g/mol. The lowest BCUT2D eigenvalue weighted by Gasteiger charge is -2.20. The van der Waals surface area contributed by atoms with Gasteiger partial charge in [-0.1, -0.05) is 49.4 Å². The third-order valence-electron chi connectivity index (χ3n) is 3.76. The van der Waals surface area contributed by atoms with Crippen molar-refractivity contribution in [3.63, 3.8) is 0 Å². The minimum absolute atomic E-state index is 0.305. The number of benzene rings is 2. The fourth-order valence-electron chi connectivity index (χ4n) is 2.50. The molecule has 0 bridgehead atoms. The fourth-order valence-corrected chi connectivity index (χ4v) is 2.50. The van der Waals surface area contributed by atoms with Gasteiger partial charge in [-0.3, -0.25) is 0 Å². The first-order valence-electron chi connectivity index (χ1n) is 7.68. The van der Waals surface area contributed by atoms with Crippen LogP contribution in [-0.4, -0.2) is 19.0 Å². The molecule has 2 aromatic rings. The summed E-state index contributed by atoms with van der Waals surface area (Å²) in [4.78, 5) is 2.20. The number of nitrogens with one attached hydrogen (secondary N) is 1. The molecule has 2 aromatic carbocycles. The number of aryl methyl sites for hydroxylation is 1. The lowest BCUT2D eigenvalue weighted by Crippen LogP contribution is -2.14. The highest BCUT2D eigenvalue weighted by atomic mass is 15.1. The second kappa shape index (κ2) is 7.28. The summed E-state index contributed by atoms with van der Waals surface area (Å²) in [6.45, 7) is 5.35. The van der Waals surface area contributed by atoms with Crippen LogP contribution in [0, 0.1) is 0 Å². The Hall–Kier alpha value is -1.80. The van der Waals surface area contributed by atoms with E-state index in [0.717, 1.165) is 13.0 Å². The van der Waals surface area contributed by atoms with E-state index >= 15 is 0 Å². The van der Waals surface area contributed by atoms with E-state index in [9.17, 15) is 0 Å². The first-order chi connectivity index (χ1) is 10.1. The molecule has 0 saturated carbocycles. The molecule has 1 unspecified atom stereocenters. The van der Waals surface area contributed by atoms with Gasteiger partial charge in [0.05, 0.1) is 0 Å². The number of nitrogens with zero attached hydrogens (tertiary/aromatic N) is 1. The molecule has 21 heavy (non-hydrogen) atoms. The molecule has 0 radical (unpaired) electrons. The molecule has 0 aliphatic carbocycles. The molecule has 0 amide bonds. The second-order valence-electron chi connectivity index (χ2n) is 5.86. The van der Waals surface area contributed by atoms with Gasteiger partial charge in [0.1, 0.15) is 0 Å². The highest BCUT2D eigenvalue weighted by Gasteiger charge is 2.08. The quantitative estimate of drug-likeness (QED) is 0.840. The molecule has 2 rings (SSSR count). The van der Waals surface area contributed by atoms with Crippen LogP contribution in [0.5, 0.6) is 0 Å². The molecular weight excluding hydrogens is 256 g/mol. The van der Waals surface area contributed by atoms with Gasteiger partial charge >= 0.3 is 0 Å². The van der Waals surface area contributed by atoms with Crippen LogP contribution < -0.4 is 5.32 Å². The van der Waals surface area contributed by atoms with Crippen LogP contribution >= 0.6 is 0 Å². The van der Waals surface area contributed by atoms with E-state index in [0.29, 0.717) is 6.04 Å². The summed E-state index contributed by atoms with van der Waals surface area (Å²) in [5, 5.41) is 3.64. The van der Waals surface area contributed by atoms with Gasteiger partial charge in [-0.05, 0) is 50.2 Å². The van der Waals surface area contributed by atoms with Gasteiger partial charge in [-0.2, -0.15) is 0 Å². The molecule has 0 aliphatic rings. The number of rotatable bonds is 6. The summed E-state index contributed by atoms with van der Waals surface area (Å²) in [6, 6.07) is 17.7. The van der Waals surface area contributed by atoms with Crippen LogP contribution in [0.25, 0.3) is 0 Å². The first-order valence-corrected chi connectivity index (χ1v) is 7.68. The standard InChI is InChI=1S/C19H26N2/c1-5-16-10-12-17(13-11-16)15(2)20-19-9-7-6-8-18(19)14-21(3)4/h6-13,15,20H,5,14H2,1-4H3. The molecule has 112 valence electrons. The Morgan fingerprint density at radius 2 is 1.67 bits per heavy atom. The van der Waals surface area contributed by atoms with E-state index < -0.39 is 0 Å². The fraction of sp³-hybridized carbons (Fsp3) is 0.368. The molecule has 2 heteroatoms. The van der Waals surface area contributed by atoms with E-state index in [2.05, 4.69) is 86.7 Å². The third-order valence-corrected chi connectivity index (χ3v) is 3.76. The number of hydrogen-bond acceptors (Lipinski definition) is 2. The van der Waals surface area contributed by atoms with Crippen LogP contribution in [0.4, 0.5) is 5.69 Å². The van der Waals surface area contributed by atoms with Crippen molar-refractivity contribution in [2.75, 3.05) is 19.4 Å². The van der Waals surface area contributed by atoms with Crippen molar-refractivity contribution in [3.8, 4) is 0 Å². The molecule has 0 fully saturated rings. The summed E-state index contributed by atoms with van der Waals surface area (Å²) in [7, 11) is 4.20. The first kappa shape index (κ1) is 15.6. The second-order valence-corrected chi connectivity index (χ2v) is 5.86. The van der Waals surface area contributed by atoms with E-state index in [-0.39, 0.29) is 0 Å². The topological polar surface area (TPSA) is 15.3 Å². The monoisotopic (exact) mass is 282 g/mol. The number of anilines is 1. The lowest BCUT2D eigenvalue weighted by atomic mass is 10.0. The smallest absolute Gasteiger partial charge is 0.0485 e. The van der Waals surface area contributed by atoms with Gasteiger partial charge in [0.25, 0.3) is 0 Å². The van der Waals surface area contributed by atoms with Crippen molar-refractivity contribution in [1.29, 1.82) is 0 Å². The molecule has 0 aliphatic heterocycles. The van der Waals surface area contributed by atoms with Gasteiger partial charge in [0.15, 0.2) is 0 Å². The molecule has 0 saturated heterocycles. The Labute approximate surface area is 128 Å². The molecule has 2 nitrogen and oxygen atoms in total. The lowest BCUT2D eigenvalue weighted by molar-refractivity contribution is 0.403. The van der Waals surface area contributed by atoms with Crippen LogP contribution in [0.1, 0.15) is 36.6 Å². The van der Waals surface area contributed by atoms with Crippen LogP contribution in [0.2, 0.25) is 0 Å². The van der Waals surface area contributed by atoms with Crippen LogP contribution in [0.15, 0.2) is 48.5 Å². The maximum absolute atomic E-state index is 3.64. The highest BCUT2D eigenvalue weighted by Crippen LogP contribution is 2.23. The summed E-state index contributed by atoms with van der Waals surface area (Å²) < 4.78 is 0. The summed E-state index contributed by atoms with van der Waals surface area (Å²) in [6.07, 6.45) is 1.09. The number of hydrogen-bond donors (Lipinski definition) is 1. The van der Waals surface area contributed by atoms with E-state index in [1.54, 1.807) is 0 Å². The van der Waals surface area contributed by atoms with Crippen LogP contribution in [0.3, 0.4) is 0 Å². The van der Waals surface area contributed by atoms with Gasteiger partial charge in [-0.15, -0.1) is 0 Å². The Balaban J connectivity index is 2.13. The van der Waals surface area contributed by atoms with E-state index in [1.807, 2.05) is 0 Å². The summed E-state index contributed by atoms with van der Waals surface area (Å²) >= 11 is 0. The Morgan fingerprint density at radius 1 is 1.00 bits per heavy atom. The van der Waals surface area contributed by atoms with Gasteiger partial charge < -0.3 is 10.2 Å². The van der Waals surface area contributed by atoms with Gasteiger partial charge in [0, 0.05) is 18.3 Å². The molecule has 0 heterocycles. The highest BCUT2D eigenvalue weighted by molar-refractivity contribution is 5.52. The van der Waals surface area contributed by atoms with Crippen molar-refractivity contribution in [2.24, 2.45) is 0 Å². The van der Waals surface area contributed by atoms with Crippen molar-refractivity contribution in [2.45, 2.75) is 32.9 Å². The van der Waals surface area contributed by atoms with Crippen molar-refractivity contribution >= 4 is 5.69 Å². The Bertz CT molecular complexity index is 558. The minimum Gasteiger partial charge on any atom is -0.378 e. The largest absolute Gasteiger partial charge is 0.378 e. The normalized spacial score (nSPS) is 12.4. The van der Waals surface area contributed by atoms with Crippen molar-refractivity contribution in [1.82, 2.24) is 4.90 Å². The van der Waals surface area contributed by atoms with Gasteiger partial charge in [-0.25, -0.2) is 0 Å². The predicted octanol–water partition coefficient (Wildman–Crippen LogP) is 4.48. The van der Waals surface area contributed by atoms with Crippen molar-refractivity contribution in [3.05, 3.63) is 65.2 Å². The molecule has 0 spiro atoms. The Kier molecular flexibility index (Phi) is 5.40. The Morgan fingerprint density at radius 3 is 2.29 bits per heavy atom. The average Bonchev–Trinajstić information content (AvgIpc) is 2.49. The minimum atomic E-state index is 0.305. The number of para-hydroxylation sites is 1. The summed E-state index contributed by atoms with van der Waals surface area (Å²) in [5.74, 6) is 0. The zero-order valence-corrected chi connectivity index (χ0v) is 13.6. The molecule has 1 N–H and O–H groups in total.